The molecule has 0 unspecified atom stereocenters. The highest BCUT2D eigenvalue weighted by Gasteiger charge is 2.28. The van der Waals surface area contributed by atoms with Crippen molar-refractivity contribution < 1.29 is 17.9 Å². The average molecular weight is 502 g/mol. The van der Waals surface area contributed by atoms with Gasteiger partial charge in [-0.3, -0.25) is 0 Å². The number of thioether (sulfide) groups is 1. The highest BCUT2D eigenvalue weighted by Crippen LogP contribution is 2.31. The van der Waals surface area contributed by atoms with E-state index in [-0.39, 0.29) is 6.10 Å². The fourth-order valence-corrected chi connectivity index (χ4v) is 7.12. The number of aromatic nitrogens is 2. The number of nitrogens with zero attached hydrogens (tertiary/aromatic N) is 3. The van der Waals surface area contributed by atoms with Gasteiger partial charge in [0.25, 0.3) is 0 Å². The molecule has 2 fully saturated rings. The lowest BCUT2D eigenvalue weighted by atomic mass is 10.2. The molecule has 0 radical (unpaired) electrons. The van der Waals surface area contributed by atoms with Crippen LogP contribution in [0, 0.1) is 0 Å². The highest BCUT2D eigenvalue weighted by molar-refractivity contribution is 7.98. The Labute approximate surface area is 205 Å². The number of hydrogen-bond acceptors (Lipinski definition) is 6. The Hall–Kier alpha value is -2.07. The van der Waals surface area contributed by atoms with Crippen molar-refractivity contribution in [2.75, 3.05) is 26.3 Å². The summed E-state index contributed by atoms with van der Waals surface area (Å²) in [5.41, 5.74) is 2.85. The van der Waals surface area contributed by atoms with Crippen molar-refractivity contribution in [2.24, 2.45) is 0 Å². The van der Waals surface area contributed by atoms with Crippen molar-refractivity contribution in [3.8, 4) is 5.75 Å². The third kappa shape index (κ3) is 4.98. The van der Waals surface area contributed by atoms with Crippen LogP contribution in [0.15, 0.2) is 52.5 Å². The van der Waals surface area contributed by atoms with Gasteiger partial charge in [0.1, 0.15) is 5.75 Å². The molecule has 2 aromatic carbocycles. The normalized spacial score (nSPS) is 19.3. The molecule has 3 aromatic rings. The van der Waals surface area contributed by atoms with Crippen molar-refractivity contribution in [3.63, 3.8) is 0 Å². The summed E-state index contributed by atoms with van der Waals surface area (Å²) in [7, 11) is -3.48. The van der Waals surface area contributed by atoms with Gasteiger partial charge in [-0.15, -0.1) is 0 Å². The maximum absolute atomic E-state index is 13.1. The molecule has 34 heavy (non-hydrogen) atoms. The van der Waals surface area contributed by atoms with Gasteiger partial charge in [-0.05, 0) is 68.5 Å². The Bertz CT molecular complexity index is 1230. The van der Waals surface area contributed by atoms with Crippen LogP contribution in [0.5, 0.6) is 5.75 Å². The largest absolute Gasteiger partial charge is 0.494 e. The molecule has 0 saturated carbocycles. The summed E-state index contributed by atoms with van der Waals surface area (Å²) in [5.74, 6) is 1.63. The molecule has 1 atom stereocenters. The van der Waals surface area contributed by atoms with E-state index in [0.29, 0.717) is 30.1 Å². The van der Waals surface area contributed by atoms with Crippen LogP contribution in [0.2, 0.25) is 0 Å². The standard InChI is InChI=1S/C25H31N3O4S2/c1-2-31-20-9-7-19(8-10-20)18-33-25-26-23-16-22(34(29,30)27-13-3-4-14-27)11-12-24(23)28(25)17-21-6-5-15-32-21/h7-12,16,21H,2-6,13-15,17-18H2,1H3/t21-/m1/s1. The summed E-state index contributed by atoms with van der Waals surface area (Å²) >= 11 is 1.66. The molecule has 5 rings (SSSR count). The van der Waals surface area contributed by atoms with Crippen molar-refractivity contribution >= 4 is 32.8 Å². The van der Waals surface area contributed by atoms with E-state index in [1.165, 1.54) is 5.56 Å². The summed E-state index contributed by atoms with van der Waals surface area (Å²) in [6.45, 7) is 5.33. The lowest BCUT2D eigenvalue weighted by Crippen LogP contribution is -2.27. The first-order valence-electron chi connectivity index (χ1n) is 12.0. The van der Waals surface area contributed by atoms with E-state index < -0.39 is 10.0 Å². The average Bonchev–Trinajstić information content (AvgIpc) is 3.61. The van der Waals surface area contributed by atoms with E-state index in [0.717, 1.165) is 61.0 Å². The molecule has 2 saturated heterocycles. The molecule has 2 aliphatic heterocycles. The zero-order valence-electron chi connectivity index (χ0n) is 19.5. The second kappa shape index (κ2) is 10.3. The first-order valence-corrected chi connectivity index (χ1v) is 14.4. The molecule has 9 heteroatoms. The van der Waals surface area contributed by atoms with E-state index in [9.17, 15) is 8.42 Å². The fourth-order valence-electron chi connectivity index (χ4n) is 4.60. The van der Waals surface area contributed by atoms with Gasteiger partial charge in [-0.2, -0.15) is 4.31 Å². The Kier molecular flexibility index (Phi) is 7.15. The minimum absolute atomic E-state index is 0.162. The van der Waals surface area contributed by atoms with Gasteiger partial charge in [-0.25, -0.2) is 13.4 Å². The lowest BCUT2D eigenvalue weighted by molar-refractivity contribution is 0.0960. The maximum atomic E-state index is 13.1. The van der Waals surface area contributed by atoms with E-state index >= 15 is 0 Å². The van der Waals surface area contributed by atoms with Crippen LogP contribution in [-0.4, -0.2) is 54.7 Å². The van der Waals surface area contributed by atoms with Gasteiger partial charge in [0.15, 0.2) is 5.16 Å². The van der Waals surface area contributed by atoms with Crippen LogP contribution in [0.3, 0.4) is 0 Å². The number of hydrogen-bond donors (Lipinski definition) is 0. The SMILES string of the molecule is CCOc1ccc(CSc2nc3cc(S(=O)(=O)N4CCCC4)ccc3n2C[C@H]2CCCO2)cc1. The second-order valence-corrected chi connectivity index (χ2v) is 11.6. The number of imidazole rings is 1. The molecule has 2 aliphatic rings. The van der Waals surface area contributed by atoms with Crippen molar-refractivity contribution in [3.05, 3.63) is 48.0 Å². The van der Waals surface area contributed by atoms with Crippen LogP contribution in [-0.2, 0) is 27.1 Å². The number of fused-ring (bicyclic) bond motifs is 1. The monoisotopic (exact) mass is 501 g/mol. The molecule has 1 aromatic heterocycles. The minimum Gasteiger partial charge on any atom is -0.494 e. The van der Waals surface area contributed by atoms with E-state index in [4.69, 9.17) is 14.5 Å². The van der Waals surface area contributed by atoms with Gasteiger partial charge in [-0.1, -0.05) is 23.9 Å². The van der Waals surface area contributed by atoms with Crippen LogP contribution >= 0.6 is 11.8 Å². The predicted molar refractivity (Wildman–Crippen MR) is 134 cm³/mol. The van der Waals surface area contributed by atoms with Gasteiger partial charge in [0.05, 0.1) is 35.2 Å². The summed E-state index contributed by atoms with van der Waals surface area (Å²) in [6.07, 6.45) is 4.11. The summed E-state index contributed by atoms with van der Waals surface area (Å²) in [5, 5.41) is 0.884. The Morgan fingerprint density at radius 2 is 1.91 bits per heavy atom. The van der Waals surface area contributed by atoms with Crippen LogP contribution < -0.4 is 4.74 Å². The van der Waals surface area contributed by atoms with Gasteiger partial charge >= 0.3 is 0 Å². The van der Waals surface area contributed by atoms with Gasteiger partial charge in [0.2, 0.25) is 10.0 Å². The van der Waals surface area contributed by atoms with Crippen molar-refractivity contribution in [1.29, 1.82) is 0 Å². The summed E-state index contributed by atoms with van der Waals surface area (Å²) < 4.78 is 41.4. The zero-order chi connectivity index (χ0) is 23.5. The first kappa shape index (κ1) is 23.7. The maximum Gasteiger partial charge on any atom is 0.243 e. The van der Waals surface area contributed by atoms with Gasteiger partial charge < -0.3 is 14.0 Å². The molecule has 0 N–H and O–H groups in total. The molecule has 182 valence electrons. The predicted octanol–water partition coefficient (Wildman–Crippen LogP) is 4.69. The van der Waals surface area contributed by atoms with Crippen LogP contribution in [0.4, 0.5) is 0 Å². The number of sulfonamides is 1. The minimum atomic E-state index is -3.48. The van der Waals surface area contributed by atoms with E-state index in [1.807, 2.05) is 25.1 Å². The molecular weight excluding hydrogens is 470 g/mol. The Morgan fingerprint density at radius 1 is 1.12 bits per heavy atom. The number of benzene rings is 2. The molecule has 0 spiro atoms. The number of rotatable bonds is 9. The molecule has 3 heterocycles. The van der Waals surface area contributed by atoms with E-state index in [1.54, 1.807) is 28.2 Å². The molecule has 0 bridgehead atoms. The number of ether oxygens (including phenoxy) is 2. The van der Waals surface area contributed by atoms with Gasteiger partial charge in [0, 0.05) is 25.4 Å². The fraction of sp³-hybridized carbons (Fsp3) is 0.480. The third-order valence-corrected chi connectivity index (χ3v) is 9.34. The first-order chi connectivity index (χ1) is 16.5. The summed E-state index contributed by atoms with van der Waals surface area (Å²) in [6, 6.07) is 13.5. The topological polar surface area (TPSA) is 73.7 Å². The zero-order valence-corrected chi connectivity index (χ0v) is 21.1. The summed E-state index contributed by atoms with van der Waals surface area (Å²) in [4.78, 5) is 5.21. The van der Waals surface area contributed by atoms with Crippen LogP contribution in [0.1, 0.15) is 38.2 Å². The third-order valence-electron chi connectivity index (χ3n) is 6.40. The molecule has 0 amide bonds. The van der Waals surface area contributed by atoms with Crippen molar-refractivity contribution in [1.82, 2.24) is 13.9 Å². The highest BCUT2D eigenvalue weighted by atomic mass is 32.2. The van der Waals surface area contributed by atoms with Crippen LogP contribution in [0.25, 0.3) is 11.0 Å². The Balaban J connectivity index is 1.43. The molecule has 7 nitrogen and oxygen atoms in total. The lowest BCUT2D eigenvalue weighted by Gasteiger charge is -2.16. The second-order valence-electron chi connectivity index (χ2n) is 8.77. The Morgan fingerprint density at radius 3 is 2.62 bits per heavy atom. The molecular formula is C25H31N3O4S2. The quantitative estimate of drug-likeness (QED) is 0.396. The van der Waals surface area contributed by atoms with E-state index in [2.05, 4.69) is 16.7 Å². The molecule has 0 aliphatic carbocycles. The van der Waals surface area contributed by atoms with Crippen molar-refractivity contribution in [2.45, 2.75) is 61.1 Å². The smallest absolute Gasteiger partial charge is 0.243 e.